The molecule has 2 aliphatic heterocycles. The van der Waals surface area contributed by atoms with Crippen LogP contribution in [0.15, 0.2) is 41.8 Å². The minimum atomic E-state index is -3.67. The average molecular weight is 403 g/mol. The lowest BCUT2D eigenvalue weighted by Gasteiger charge is -2.36. The highest BCUT2D eigenvalue weighted by molar-refractivity contribution is 7.89. The number of carbonyl (C=O) groups is 1. The number of rotatable bonds is 4. The van der Waals surface area contributed by atoms with E-state index in [0.29, 0.717) is 32.6 Å². The van der Waals surface area contributed by atoms with Gasteiger partial charge in [0.15, 0.2) is 5.03 Å². The number of hydrogen-bond acceptors (Lipinski definition) is 4. The number of amides is 1. The third kappa shape index (κ3) is 3.58. The fourth-order valence-corrected chi connectivity index (χ4v) is 5.54. The maximum atomic E-state index is 13.1. The molecule has 7 nitrogen and oxygen atoms in total. The van der Waals surface area contributed by atoms with E-state index in [1.54, 1.807) is 10.8 Å². The molecule has 8 heteroatoms. The molecule has 1 aromatic carbocycles. The normalized spacial score (nSPS) is 20.8. The smallest absolute Gasteiger partial charge is 0.262 e. The average Bonchev–Trinajstić information content (AvgIpc) is 3.23. The van der Waals surface area contributed by atoms with Gasteiger partial charge in [-0.05, 0) is 37.3 Å². The monoisotopic (exact) mass is 402 g/mol. The second kappa shape index (κ2) is 7.67. The molecule has 0 radical (unpaired) electrons. The Balaban J connectivity index is 1.47. The number of imidazole rings is 1. The van der Waals surface area contributed by atoms with Gasteiger partial charge in [-0.3, -0.25) is 4.79 Å². The van der Waals surface area contributed by atoms with Crippen molar-refractivity contribution >= 4 is 15.9 Å². The lowest BCUT2D eigenvalue weighted by molar-refractivity contribution is -0.137. The number of sulfonamides is 1. The topological polar surface area (TPSA) is 75.5 Å². The van der Waals surface area contributed by atoms with Crippen LogP contribution < -0.4 is 0 Å². The summed E-state index contributed by atoms with van der Waals surface area (Å²) in [5, 5.41) is 0.0642. The maximum absolute atomic E-state index is 13.1. The van der Waals surface area contributed by atoms with Crippen molar-refractivity contribution in [3.63, 3.8) is 0 Å². The van der Waals surface area contributed by atoms with Crippen LogP contribution in [0, 0.1) is 5.92 Å². The van der Waals surface area contributed by atoms with E-state index in [1.165, 1.54) is 21.8 Å². The highest BCUT2D eigenvalue weighted by Gasteiger charge is 2.36. The molecular formula is C20H26N4O3S. The fraction of sp³-hybridized carbons (Fsp3) is 0.500. The molecule has 1 amide bonds. The molecule has 4 rings (SSSR count). The number of carbonyl (C=O) groups excluding carboxylic acids is 1. The Kier molecular flexibility index (Phi) is 5.25. The second-order valence-corrected chi connectivity index (χ2v) is 9.41. The lowest BCUT2D eigenvalue weighted by atomic mass is 9.95. The number of piperidine rings is 1. The van der Waals surface area contributed by atoms with E-state index in [4.69, 9.17) is 0 Å². The molecule has 1 unspecified atom stereocenters. The van der Waals surface area contributed by atoms with Crippen molar-refractivity contribution in [1.29, 1.82) is 0 Å². The van der Waals surface area contributed by atoms with Gasteiger partial charge in [-0.1, -0.05) is 24.3 Å². The quantitative estimate of drug-likeness (QED) is 0.783. The first-order valence-electron chi connectivity index (χ1n) is 9.86. The largest absolute Gasteiger partial charge is 0.338 e. The maximum Gasteiger partial charge on any atom is 0.262 e. The summed E-state index contributed by atoms with van der Waals surface area (Å²) < 4.78 is 29.1. The van der Waals surface area contributed by atoms with Crippen molar-refractivity contribution < 1.29 is 13.2 Å². The molecule has 0 bridgehead atoms. The molecule has 2 aromatic rings. The van der Waals surface area contributed by atoms with Crippen molar-refractivity contribution in [2.45, 2.75) is 44.3 Å². The van der Waals surface area contributed by atoms with Crippen LogP contribution in [0.1, 0.15) is 30.9 Å². The molecule has 1 aromatic heterocycles. The third-order valence-corrected chi connectivity index (χ3v) is 7.51. The van der Waals surface area contributed by atoms with Gasteiger partial charge in [-0.15, -0.1) is 0 Å². The van der Waals surface area contributed by atoms with Crippen LogP contribution >= 0.6 is 0 Å². The molecule has 0 spiro atoms. The van der Waals surface area contributed by atoms with Gasteiger partial charge in [0.1, 0.15) is 0 Å². The number of fused-ring (bicyclic) bond motifs is 1. The SMILES string of the molecule is CCn1cnc(S(=O)(=O)N2CCCC(C(=O)N3CCc4ccccc4C3)C2)c1. The van der Waals surface area contributed by atoms with E-state index < -0.39 is 10.0 Å². The predicted molar refractivity (Wildman–Crippen MR) is 105 cm³/mol. The van der Waals surface area contributed by atoms with E-state index in [1.807, 2.05) is 24.0 Å². The molecule has 150 valence electrons. The number of hydrogen-bond donors (Lipinski definition) is 0. The van der Waals surface area contributed by atoms with E-state index in [-0.39, 0.29) is 23.4 Å². The van der Waals surface area contributed by atoms with Gasteiger partial charge in [0.2, 0.25) is 5.91 Å². The number of aromatic nitrogens is 2. The minimum Gasteiger partial charge on any atom is -0.338 e. The van der Waals surface area contributed by atoms with Crippen LogP contribution in [0.2, 0.25) is 0 Å². The zero-order valence-corrected chi connectivity index (χ0v) is 16.9. The van der Waals surface area contributed by atoms with Gasteiger partial charge in [0, 0.05) is 38.9 Å². The number of aryl methyl sites for hydroxylation is 1. The van der Waals surface area contributed by atoms with Crippen LogP contribution in [-0.2, 0) is 34.3 Å². The van der Waals surface area contributed by atoms with Gasteiger partial charge >= 0.3 is 0 Å². The summed E-state index contributed by atoms with van der Waals surface area (Å²) >= 11 is 0. The Bertz CT molecular complexity index is 969. The molecule has 1 fully saturated rings. The Hall–Kier alpha value is -2.19. The van der Waals surface area contributed by atoms with Gasteiger partial charge in [-0.25, -0.2) is 13.4 Å². The number of benzene rings is 1. The number of nitrogens with zero attached hydrogens (tertiary/aromatic N) is 4. The zero-order chi connectivity index (χ0) is 19.7. The van der Waals surface area contributed by atoms with E-state index >= 15 is 0 Å². The summed E-state index contributed by atoms with van der Waals surface area (Å²) in [6.07, 6.45) is 5.36. The Labute approximate surface area is 166 Å². The third-order valence-electron chi connectivity index (χ3n) is 5.75. The predicted octanol–water partition coefficient (Wildman–Crippen LogP) is 1.89. The molecule has 28 heavy (non-hydrogen) atoms. The second-order valence-electron chi connectivity index (χ2n) is 7.52. The molecule has 3 heterocycles. The Morgan fingerprint density at radius 1 is 1.21 bits per heavy atom. The first-order chi connectivity index (χ1) is 13.5. The van der Waals surface area contributed by atoms with Crippen LogP contribution in [-0.4, -0.2) is 52.7 Å². The first kappa shape index (κ1) is 19.1. The van der Waals surface area contributed by atoms with E-state index in [2.05, 4.69) is 17.1 Å². The van der Waals surface area contributed by atoms with Gasteiger partial charge < -0.3 is 9.47 Å². The molecule has 2 aliphatic rings. The van der Waals surface area contributed by atoms with Crippen molar-refractivity contribution in [2.75, 3.05) is 19.6 Å². The Morgan fingerprint density at radius 2 is 2.00 bits per heavy atom. The molecule has 0 saturated carbocycles. The molecular weight excluding hydrogens is 376 g/mol. The van der Waals surface area contributed by atoms with Crippen LogP contribution in [0.3, 0.4) is 0 Å². The summed E-state index contributed by atoms with van der Waals surface area (Å²) in [5.74, 6) is -0.226. The summed E-state index contributed by atoms with van der Waals surface area (Å²) in [6, 6.07) is 8.20. The van der Waals surface area contributed by atoms with Crippen LogP contribution in [0.25, 0.3) is 0 Å². The van der Waals surface area contributed by atoms with Gasteiger partial charge in [0.25, 0.3) is 10.0 Å². The summed E-state index contributed by atoms with van der Waals surface area (Å²) in [4.78, 5) is 19.0. The summed E-state index contributed by atoms with van der Waals surface area (Å²) in [6.45, 7) is 4.58. The fourth-order valence-electron chi connectivity index (χ4n) is 4.08. The van der Waals surface area contributed by atoms with Crippen molar-refractivity contribution in [3.8, 4) is 0 Å². The first-order valence-corrected chi connectivity index (χ1v) is 11.3. The van der Waals surface area contributed by atoms with E-state index in [9.17, 15) is 13.2 Å². The van der Waals surface area contributed by atoms with Crippen LogP contribution in [0.5, 0.6) is 0 Å². The summed E-state index contributed by atoms with van der Waals surface area (Å²) in [7, 11) is -3.67. The van der Waals surface area contributed by atoms with Gasteiger partial charge in [-0.2, -0.15) is 4.31 Å². The van der Waals surface area contributed by atoms with E-state index in [0.717, 1.165) is 12.8 Å². The highest BCUT2D eigenvalue weighted by Crippen LogP contribution is 2.27. The zero-order valence-electron chi connectivity index (χ0n) is 16.1. The minimum absolute atomic E-state index is 0.0634. The standard InChI is InChI=1S/C20H26N4O3S/c1-2-22-14-19(21-15-22)28(26,27)24-10-5-8-18(13-24)20(25)23-11-9-16-6-3-4-7-17(16)12-23/h3-4,6-7,14-15,18H,2,5,8-13H2,1H3. The Morgan fingerprint density at radius 3 is 2.75 bits per heavy atom. The highest BCUT2D eigenvalue weighted by atomic mass is 32.2. The summed E-state index contributed by atoms with van der Waals surface area (Å²) in [5.41, 5.74) is 2.48. The van der Waals surface area contributed by atoms with Crippen molar-refractivity contribution in [1.82, 2.24) is 18.8 Å². The lowest BCUT2D eigenvalue weighted by Crippen LogP contribution is -2.47. The molecule has 0 aliphatic carbocycles. The van der Waals surface area contributed by atoms with Crippen molar-refractivity contribution in [2.24, 2.45) is 5.92 Å². The molecule has 1 saturated heterocycles. The van der Waals surface area contributed by atoms with Crippen LogP contribution in [0.4, 0.5) is 0 Å². The van der Waals surface area contributed by atoms with Gasteiger partial charge in [0.05, 0.1) is 12.2 Å². The molecule has 0 N–H and O–H groups in total. The van der Waals surface area contributed by atoms with Crippen molar-refractivity contribution in [3.05, 3.63) is 47.9 Å². The molecule has 1 atom stereocenters.